The van der Waals surface area contributed by atoms with Crippen molar-refractivity contribution in [2.45, 2.75) is 19.8 Å². The summed E-state index contributed by atoms with van der Waals surface area (Å²) in [5.74, 6) is -0.0677. The highest BCUT2D eigenvalue weighted by Gasteiger charge is 2.10. The van der Waals surface area contributed by atoms with Crippen molar-refractivity contribution in [1.82, 2.24) is 5.32 Å². The summed E-state index contributed by atoms with van der Waals surface area (Å²) < 4.78 is 15.2. The van der Waals surface area contributed by atoms with Gasteiger partial charge in [-0.3, -0.25) is 4.79 Å². The highest BCUT2D eigenvalue weighted by Crippen LogP contribution is 2.36. The van der Waals surface area contributed by atoms with Crippen LogP contribution < -0.4 is 14.8 Å². The number of rotatable bonds is 9. The van der Waals surface area contributed by atoms with Crippen LogP contribution in [0.5, 0.6) is 11.5 Å². The Morgan fingerprint density at radius 3 is 2.62 bits per heavy atom. The van der Waals surface area contributed by atoms with E-state index in [9.17, 15) is 9.59 Å². The molecule has 0 fully saturated rings. The first kappa shape index (κ1) is 19.8. The number of benzene rings is 1. The van der Waals surface area contributed by atoms with Crippen LogP contribution >= 0.6 is 11.6 Å². The molecule has 0 spiro atoms. The van der Waals surface area contributed by atoms with E-state index >= 15 is 0 Å². The molecule has 0 atom stereocenters. The van der Waals surface area contributed by atoms with E-state index in [-0.39, 0.29) is 12.5 Å². The number of hydrogen-bond donors (Lipinski definition) is 1. The van der Waals surface area contributed by atoms with Crippen LogP contribution in [0.4, 0.5) is 0 Å². The minimum Gasteiger partial charge on any atom is -0.493 e. The number of carbonyl (C=O) groups excluding carboxylic acids is 2. The molecule has 0 saturated heterocycles. The van der Waals surface area contributed by atoms with Crippen molar-refractivity contribution in [1.29, 1.82) is 0 Å². The van der Waals surface area contributed by atoms with Crippen LogP contribution in [0, 0.1) is 0 Å². The molecule has 0 heterocycles. The van der Waals surface area contributed by atoms with E-state index in [4.69, 9.17) is 25.8 Å². The van der Waals surface area contributed by atoms with E-state index in [0.29, 0.717) is 28.6 Å². The summed E-state index contributed by atoms with van der Waals surface area (Å²) in [5.41, 5.74) is 0.641. The largest absolute Gasteiger partial charge is 0.493 e. The zero-order valence-corrected chi connectivity index (χ0v) is 14.8. The number of hydrogen-bond acceptors (Lipinski definition) is 5. The molecule has 0 aliphatic carbocycles. The average molecular weight is 356 g/mol. The molecule has 0 bridgehead atoms. The molecule has 1 aromatic carbocycles. The second-order valence-corrected chi connectivity index (χ2v) is 5.29. The molecule has 0 aromatic heterocycles. The van der Waals surface area contributed by atoms with Gasteiger partial charge < -0.3 is 19.5 Å². The maximum Gasteiger partial charge on any atom is 0.331 e. The van der Waals surface area contributed by atoms with Crippen molar-refractivity contribution < 1.29 is 23.8 Å². The smallest absolute Gasteiger partial charge is 0.331 e. The third-order valence-corrected chi connectivity index (χ3v) is 3.35. The van der Waals surface area contributed by atoms with E-state index in [1.54, 1.807) is 12.1 Å². The lowest BCUT2D eigenvalue weighted by Crippen LogP contribution is -2.29. The lowest BCUT2D eigenvalue weighted by Gasteiger charge is -2.10. The van der Waals surface area contributed by atoms with Gasteiger partial charge in [-0.15, -0.1) is 0 Å². The van der Waals surface area contributed by atoms with Crippen LogP contribution in [0.3, 0.4) is 0 Å². The molecule has 132 valence electrons. The van der Waals surface area contributed by atoms with Crippen molar-refractivity contribution in [2.75, 3.05) is 27.4 Å². The normalized spacial score (nSPS) is 10.5. The molecule has 7 heteroatoms. The van der Waals surface area contributed by atoms with Crippen LogP contribution in [0.2, 0.25) is 5.02 Å². The first-order chi connectivity index (χ1) is 11.5. The summed E-state index contributed by atoms with van der Waals surface area (Å²) in [7, 11) is 2.98. The summed E-state index contributed by atoms with van der Waals surface area (Å²) in [4.78, 5) is 23.1. The fourth-order valence-electron chi connectivity index (χ4n) is 1.84. The van der Waals surface area contributed by atoms with Crippen molar-refractivity contribution in [2.24, 2.45) is 0 Å². The molecule has 0 unspecified atom stereocenters. The van der Waals surface area contributed by atoms with Gasteiger partial charge >= 0.3 is 5.97 Å². The standard InChI is InChI=1S/C17H22ClNO5/c1-4-5-8-19-15(20)11-24-16(21)7-6-12-9-13(18)17(23-3)14(10-12)22-2/h6-7,9-10H,4-5,8,11H2,1-3H3,(H,19,20)/b7-6+. The quantitative estimate of drug-likeness (QED) is 0.419. The minimum absolute atomic E-state index is 0.306. The number of amides is 1. The van der Waals surface area contributed by atoms with Gasteiger partial charge in [0.2, 0.25) is 0 Å². The number of unbranched alkanes of at least 4 members (excludes halogenated alkanes) is 1. The fourth-order valence-corrected chi connectivity index (χ4v) is 2.14. The molecule has 24 heavy (non-hydrogen) atoms. The first-order valence-electron chi connectivity index (χ1n) is 7.54. The lowest BCUT2D eigenvalue weighted by molar-refractivity contribution is -0.143. The van der Waals surface area contributed by atoms with Crippen LogP contribution in [-0.4, -0.2) is 39.2 Å². The van der Waals surface area contributed by atoms with Gasteiger partial charge in [0.25, 0.3) is 5.91 Å². The molecule has 0 aliphatic heterocycles. The van der Waals surface area contributed by atoms with Crippen LogP contribution in [0.1, 0.15) is 25.3 Å². The number of halogens is 1. The van der Waals surface area contributed by atoms with Gasteiger partial charge in [0.15, 0.2) is 18.1 Å². The number of ether oxygens (including phenoxy) is 3. The molecule has 1 amide bonds. The molecular weight excluding hydrogens is 334 g/mol. The SMILES string of the molecule is CCCCNC(=O)COC(=O)/C=C/c1cc(Cl)c(OC)c(OC)c1. The van der Waals surface area contributed by atoms with Gasteiger partial charge in [-0.25, -0.2) is 4.79 Å². The Morgan fingerprint density at radius 2 is 2.00 bits per heavy atom. The number of carbonyl (C=O) groups is 2. The number of esters is 1. The van der Waals surface area contributed by atoms with Crippen LogP contribution in [0.25, 0.3) is 6.08 Å². The van der Waals surface area contributed by atoms with Gasteiger partial charge in [-0.1, -0.05) is 24.9 Å². The molecule has 0 radical (unpaired) electrons. The van der Waals surface area contributed by atoms with E-state index in [1.807, 2.05) is 6.92 Å². The monoisotopic (exact) mass is 355 g/mol. The Morgan fingerprint density at radius 1 is 1.25 bits per heavy atom. The Hall–Kier alpha value is -2.21. The zero-order valence-electron chi connectivity index (χ0n) is 14.1. The van der Waals surface area contributed by atoms with Gasteiger partial charge in [0, 0.05) is 12.6 Å². The van der Waals surface area contributed by atoms with E-state index < -0.39 is 5.97 Å². The Kier molecular flexibility index (Phi) is 8.71. The Balaban J connectivity index is 2.58. The van der Waals surface area contributed by atoms with E-state index in [0.717, 1.165) is 12.8 Å². The Labute approximate surface area is 146 Å². The van der Waals surface area contributed by atoms with Crippen molar-refractivity contribution in [3.63, 3.8) is 0 Å². The molecule has 1 N–H and O–H groups in total. The topological polar surface area (TPSA) is 73.9 Å². The average Bonchev–Trinajstić information content (AvgIpc) is 2.57. The predicted molar refractivity (Wildman–Crippen MR) is 92.5 cm³/mol. The third kappa shape index (κ3) is 6.50. The summed E-state index contributed by atoms with van der Waals surface area (Å²) >= 11 is 6.08. The number of nitrogens with one attached hydrogen (secondary N) is 1. The second-order valence-electron chi connectivity index (χ2n) is 4.88. The van der Waals surface area contributed by atoms with Gasteiger partial charge in [-0.05, 0) is 30.2 Å². The molecule has 0 aliphatic rings. The Bertz CT molecular complexity index is 601. The second kappa shape index (κ2) is 10.5. The van der Waals surface area contributed by atoms with Gasteiger partial charge in [0.1, 0.15) is 0 Å². The zero-order chi connectivity index (χ0) is 17.9. The summed E-state index contributed by atoms with van der Waals surface area (Å²) in [6.45, 7) is 2.30. The highest BCUT2D eigenvalue weighted by atomic mass is 35.5. The van der Waals surface area contributed by atoms with E-state index in [1.165, 1.54) is 26.4 Å². The van der Waals surface area contributed by atoms with E-state index in [2.05, 4.69) is 5.32 Å². The van der Waals surface area contributed by atoms with Crippen molar-refractivity contribution in [3.05, 3.63) is 28.8 Å². The summed E-state index contributed by atoms with van der Waals surface area (Å²) in [6, 6.07) is 3.30. The molecular formula is C17H22ClNO5. The van der Waals surface area contributed by atoms with Crippen LogP contribution in [-0.2, 0) is 14.3 Å². The van der Waals surface area contributed by atoms with Crippen molar-refractivity contribution >= 4 is 29.6 Å². The summed E-state index contributed by atoms with van der Waals surface area (Å²) in [6.07, 6.45) is 4.61. The minimum atomic E-state index is -0.619. The highest BCUT2D eigenvalue weighted by molar-refractivity contribution is 6.32. The fraction of sp³-hybridized carbons (Fsp3) is 0.412. The molecule has 6 nitrogen and oxygen atoms in total. The lowest BCUT2D eigenvalue weighted by atomic mass is 10.2. The third-order valence-electron chi connectivity index (χ3n) is 3.07. The van der Waals surface area contributed by atoms with Gasteiger partial charge in [-0.2, -0.15) is 0 Å². The maximum absolute atomic E-state index is 11.6. The van der Waals surface area contributed by atoms with Gasteiger partial charge in [0.05, 0.1) is 19.2 Å². The number of methoxy groups -OCH3 is 2. The maximum atomic E-state index is 11.6. The molecule has 1 rings (SSSR count). The first-order valence-corrected chi connectivity index (χ1v) is 7.92. The molecule has 1 aromatic rings. The predicted octanol–water partition coefficient (Wildman–Crippen LogP) is 2.83. The van der Waals surface area contributed by atoms with Crippen LogP contribution in [0.15, 0.2) is 18.2 Å². The molecule has 0 saturated carbocycles. The summed E-state index contributed by atoms with van der Waals surface area (Å²) in [5, 5.41) is 3.02. The van der Waals surface area contributed by atoms with Crippen molar-refractivity contribution in [3.8, 4) is 11.5 Å².